The molecule has 0 saturated heterocycles. The number of hydrogen-bond donors (Lipinski definition) is 1. The molecule has 0 bridgehead atoms. The summed E-state index contributed by atoms with van der Waals surface area (Å²) in [4.78, 5) is 2.36. The maximum absolute atomic E-state index is 5.80. The molecule has 2 aromatic rings. The first-order chi connectivity index (χ1) is 9.24. The summed E-state index contributed by atoms with van der Waals surface area (Å²) in [5.41, 5.74) is 10.3. The lowest BCUT2D eigenvalue weighted by Crippen LogP contribution is -2.32. The first kappa shape index (κ1) is 11.9. The largest absolute Gasteiger partial charge is 0.490 e. The van der Waals surface area contributed by atoms with Crippen LogP contribution in [0.5, 0.6) is 5.75 Å². The quantitative estimate of drug-likeness (QED) is 0.837. The van der Waals surface area contributed by atoms with Gasteiger partial charge in [-0.2, -0.15) is 0 Å². The Morgan fingerprint density at radius 3 is 2.89 bits per heavy atom. The fourth-order valence-corrected chi connectivity index (χ4v) is 2.49. The van der Waals surface area contributed by atoms with Crippen molar-refractivity contribution in [2.24, 2.45) is 0 Å². The minimum absolute atomic E-state index is 0.741. The van der Waals surface area contributed by atoms with E-state index >= 15 is 0 Å². The van der Waals surface area contributed by atoms with Gasteiger partial charge in [0.05, 0.1) is 12.2 Å². The Labute approximate surface area is 113 Å². The van der Waals surface area contributed by atoms with E-state index in [1.54, 1.807) is 0 Å². The maximum Gasteiger partial charge on any atom is 0.142 e. The Morgan fingerprint density at radius 2 is 2.05 bits per heavy atom. The summed E-state index contributed by atoms with van der Waals surface area (Å²) in [5, 5.41) is 0. The minimum atomic E-state index is 0.741. The zero-order valence-electron chi connectivity index (χ0n) is 11.1. The van der Waals surface area contributed by atoms with Crippen LogP contribution in [0.25, 0.3) is 0 Å². The van der Waals surface area contributed by atoms with Crippen LogP contribution in [0.4, 0.5) is 11.4 Å². The van der Waals surface area contributed by atoms with Crippen LogP contribution in [0.1, 0.15) is 11.1 Å². The lowest BCUT2D eigenvalue weighted by Gasteiger charge is -2.31. The van der Waals surface area contributed by atoms with Crippen LogP contribution in [-0.4, -0.2) is 13.2 Å². The van der Waals surface area contributed by atoms with Gasteiger partial charge in [0.2, 0.25) is 0 Å². The van der Waals surface area contributed by atoms with E-state index in [1.807, 2.05) is 24.3 Å². The van der Waals surface area contributed by atoms with Crippen LogP contribution in [0.15, 0.2) is 42.5 Å². The molecular weight excluding hydrogens is 236 g/mol. The van der Waals surface area contributed by atoms with Gasteiger partial charge in [-0.15, -0.1) is 0 Å². The summed E-state index contributed by atoms with van der Waals surface area (Å²) in [7, 11) is 0. The first-order valence-electron chi connectivity index (χ1n) is 6.56. The lowest BCUT2D eigenvalue weighted by molar-refractivity contribution is 0.307. The summed E-state index contributed by atoms with van der Waals surface area (Å²) in [5.74, 6) is 0.974. The van der Waals surface area contributed by atoms with Gasteiger partial charge >= 0.3 is 0 Å². The lowest BCUT2D eigenvalue weighted by atomic mass is 10.1. The predicted octanol–water partition coefficient (Wildman–Crippen LogP) is 2.98. The van der Waals surface area contributed by atoms with Crippen LogP contribution >= 0.6 is 0 Å². The van der Waals surface area contributed by atoms with Crippen LogP contribution < -0.4 is 15.4 Å². The average Bonchev–Trinajstić information content (AvgIpc) is 2.42. The van der Waals surface area contributed by atoms with Crippen LogP contribution in [0.3, 0.4) is 0 Å². The van der Waals surface area contributed by atoms with E-state index in [1.165, 1.54) is 16.8 Å². The van der Waals surface area contributed by atoms with Gasteiger partial charge in [-0.25, -0.2) is 0 Å². The molecule has 1 aliphatic rings. The number of nitrogens with zero attached hydrogens (tertiary/aromatic N) is 1. The van der Waals surface area contributed by atoms with Crippen LogP contribution in [0.2, 0.25) is 0 Å². The second-order valence-electron chi connectivity index (χ2n) is 4.92. The van der Waals surface area contributed by atoms with Crippen molar-refractivity contribution >= 4 is 11.4 Å². The van der Waals surface area contributed by atoms with Crippen molar-refractivity contribution < 1.29 is 4.74 Å². The van der Waals surface area contributed by atoms with Gasteiger partial charge in [0.15, 0.2) is 0 Å². The van der Waals surface area contributed by atoms with Crippen molar-refractivity contribution in [3.63, 3.8) is 0 Å². The van der Waals surface area contributed by atoms with Gasteiger partial charge in [-0.1, -0.05) is 18.2 Å². The number of fused-ring (bicyclic) bond motifs is 1. The molecule has 0 amide bonds. The first-order valence-corrected chi connectivity index (χ1v) is 6.56. The second kappa shape index (κ2) is 4.84. The predicted molar refractivity (Wildman–Crippen MR) is 78.6 cm³/mol. The number of anilines is 2. The van der Waals surface area contributed by atoms with Gasteiger partial charge in [0.25, 0.3) is 0 Å². The third-order valence-corrected chi connectivity index (χ3v) is 3.55. The molecule has 3 heteroatoms. The summed E-state index contributed by atoms with van der Waals surface area (Å²) in [6.07, 6.45) is 0. The molecule has 3 nitrogen and oxygen atoms in total. The summed E-state index contributed by atoms with van der Waals surface area (Å²) < 4.78 is 5.68. The Morgan fingerprint density at radius 1 is 1.21 bits per heavy atom. The Balaban J connectivity index is 1.88. The molecule has 0 fully saturated rings. The molecule has 2 N–H and O–H groups in total. The number of hydrogen-bond acceptors (Lipinski definition) is 3. The number of benzene rings is 2. The molecule has 1 heterocycles. The zero-order chi connectivity index (χ0) is 13.2. The third kappa shape index (κ3) is 2.36. The normalized spacial score (nSPS) is 13.8. The number of aryl methyl sites for hydroxylation is 1. The molecule has 0 unspecified atom stereocenters. The SMILES string of the molecule is Cc1cc(N)ccc1CN1CCOc2ccccc21. The highest BCUT2D eigenvalue weighted by Crippen LogP contribution is 2.32. The van der Waals surface area contributed by atoms with E-state index in [-0.39, 0.29) is 0 Å². The molecule has 1 aliphatic heterocycles. The molecule has 0 aromatic heterocycles. The summed E-state index contributed by atoms with van der Waals surface area (Å²) >= 11 is 0. The smallest absolute Gasteiger partial charge is 0.142 e. The number of ether oxygens (including phenoxy) is 1. The molecule has 0 spiro atoms. The van der Waals surface area contributed by atoms with E-state index in [9.17, 15) is 0 Å². The van der Waals surface area contributed by atoms with E-state index < -0.39 is 0 Å². The number of para-hydroxylation sites is 2. The van der Waals surface area contributed by atoms with Crippen molar-refractivity contribution in [1.29, 1.82) is 0 Å². The Kier molecular flexibility index (Phi) is 3.03. The second-order valence-corrected chi connectivity index (χ2v) is 4.92. The molecule has 0 aliphatic carbocycles. The van der Waals surface area contributed by atoms with Crippen molar-refractivity contribution in [2.75, 3.05) is 23.8 Å². The Bertz CT molecular complexity index is 595. The highest BCUT2D eigenvalue weighted by atomic mass is 16.5. The third-order valence-electron chi connectivity index (χ3n) is 3.55. The summed E-state index contributed by atoms with van der Waals surface area (Å²) in [6, 6.07) is 14.3. The zero-order valence-corrected chi connectivity index (χ0v) is 11.1. The van der Waals surface area contributed by atoms with Gasteiger partial charge in [0.1, 0.15) is 12.4 Å². The standard InChI is InChI=1S/C16H18N2O/c1-12-10-14(17)7-6-13(12)11-18-8-9-19-16-5-3-2-4-15(16)18/h2-7,10H,8-9,11,17H2,1H3. The van der Waals surface area contributed by atoms with Gasteiger partial charge in [-0.3, -0.25) is 0 Å². The van der Waals surface area contributed by atoms with Crippen molar-refractivity contribution in [3.05, 3.63) is 53.6 Å². The average molecular weight is 254 g/mol. The molecule has 3 rings (SSSR count). The highest BCUT2D eigenvalue weighted by Gasteiger charge is 2.17. The fraction of sp³-hybridized carbons (Fsp3) is 0.250. The molecular formula is C16H18N2O. The topological polar surface area (TPSA) is 38.5 Å². The van der Waals surface area contributed by atoms with E-state index in [0.717, 1.165) is 31.1 Å². The number of rotatable bonds is 2. The Hall–Kier alpha value is -2.16. The fourth-order valence-electron chi connectivity index (χ4n) is 2.49. The highest BCUT2D eigenvalue weighted by molar-refractivity contribution is 5.60. The van der Waals surface area contributed by atoms with Gasteiger partial charge in [-0.05, 0) is 42.3 Å². The van der Waals surface area contributed by atoms with Gasteiger partial charge in [0, 0.05) is 12.2 Å². The number of nitrogen functional groups attached to an aromatic ring is 1. The molecule has 19 heavy (non-hydrogen) atoms. The van der Waals surface area contributed by atoms with Crippen LogP contribution in [0, 0.1) is 6.92 Å². The molecule has 2 aromatic carbocycles. The molecule has 0 saturated carbocycles. The molecule has 0 atom stereocenters. The van der Waals surface area contributed by atoms with Gasteiger partial charge < -0.3 is 15.4 Å². The van der Waals surface area contributed by atoms with E-state index in [4.69, 9.17) is 10.5 Å². The molecule has 0 radical (unpaired) electrons. The van der Waals surface area contributed by atoms with Crippen LogP contribution in [-0.2, 0) is 6.54 Å². The van der Waals surface area contributed by atoms with Crippen molar-refractivity contribution in [2.45, 2.75) is 13.5 Å². The summed E-state index contributed by atoms with van der Waals surface area (Å²) in [6.45, 7) is 4.66. The molecule has 98 valence electrons. The van der Waals surface area contributed by atoms with E-state index in [0.29, 0.717) is 0 Å². The monoisotopic (exact) mass is 254 g/mol. The maximum atomic E-state index is 5.80. The van der Waals surface area contributed by atoms with E-state index in [2.05, 4.69) is 30.0 Å². The van der Waals surface area contributed by atoms with Crippen molar-refractivity contribution in [1.82, 2.24) is 0 Å². The number of nitrogens with two attached hydrogens (primary N) is 1. The minimum Gasteiger partial charge on any atom is -0.490 e. The van der Waals surface area contributed by atoms with Crippen molar-refractivity contribution in [3.8, 4) is 5.75 Å².